The summed E-state index contributed by atoms with van der Waals surface area (Å²) in [5, 5.41) is 5.80. The highest BCUT2D eigenvalue weighted by Gasteiger charge is 2.19. The molecule has 2 aromatic rings. The molecule has 0 aliphatic heterocycles. The van der Waals surface area contributed by atoms with Crippen LogP contribution in [0.4, 0.5) is 5.69 Å². The Morgan fingerprint density at radius 3 is 2.82 bits per heavy atom. The van der Waals surface area contributed by atoms with E-state index in [9.17, 15) is 4.79 Å². The molecule has 1 N–H and O–H groups in total. The van der Waals surface area contributed by atoms with Crippen molar-refractivity contribution in [1.82, 2.24) is 9.97 Å². The van der Waals surface area contributed by atoms with Crippen molar-refractivity contribution in [2.45, 2.75) is 39.5 Å². The monoisotopic (exact) mass is 319 g/mol. The molecule has 0 unspecified atom stereocenters. The SMILES string of the molecule is CCOc1ncccc1NC(=O)Cc1csc(C(C)(C)C)n1. The maximum atomic E-state index is 12.2. The Morgan fingerprint density at radius 1 is 1.41 bits per heavy atom. The van der Waals surface area contributed by atoms with Gasteiger partial charge in [0.25, 0.3) is 0 Å². The van der Waals surface area contributed by atoms with Crippen molar-refractivity contribution < 1.29 is 9.53 Å². The predicted octanol–water partition coefficient (Wildman–Crippen LogP) is 3.42. The molecule has 0 aromatic carbocycles. The van der Waals surface area contributed by atoms with E-state index in [1.54, 1.807) is 29.7 Å². The van der Waals surface area contributed by atoms with Gasteiger partial charge >= 0.3 is 0 Å². The largest absolute Gasteiger partial charge is 0.476 e. The maximum absolute atomic E-state index is 12.2. The minimum absolute atomic E-state index is 0.00484. The summed E-state index contributed by atoms with van der Waals surface area (Å²) < 4.78 is 5.40. The van der Waals surface area contributed by atoms with Crippen LogP contribution in [0, 0.1) is 0 Å². The van der Waals surface area contributed by atoms with Crippen molar-refractivity contribution >= 4 is 22.9 Å². The third-order valence-corrected chi connectivity index (χ3v) is 4.18. The molecule has 0 saturated carbocycles. The zero-order valence-electron chi connectivity index (χ0n) is 13.3. The highest BCUT2D eigenvalue weighted by atomic mass is 32.1. The van der Waals surface area contributed by atoms with Gasteiger partial charge in [-0.2, -0.15) is 0 Å². The van der Waals surface area contributed by atoms with E-state index in [1.807, 2.05) is 12.3 Å². The summed E-state index contributed by atoms with van der Waals surface area (Å²) in [6.07, 6.45) is 1.88. The van der Waals surface area contributed by atoms with Gasteiger partial charge in [0.1, 0.15) is 5.69 Å². The van der Waals surface area contributed by atoms with Crippen LogP contribution in [0.5, 0.6) is 5.88 Å². The lowest BCUT2D eigenvalue weighted by molar-refractivity contribution is -0.115. The third kappa shape index (κ3) is 4.27. The summed E-state index contributed by atoms with van der Waals surface area (Å²) in [6, 6.07) is 3.54. The minimum atomic E-state index is -0.125. The fourth-order valence-electron chi connectivity index (χ4n) is 1.83. The summed E-state index contributed by atoms with van der Waals surface area (Å²) in [4.78, 5) is 20.8. The van der Waals surface area contributed by atoms with E-state index in [1.165, 1.54) is 0 Å². The Kier molecular flexibility index (Phi) is 5.13. The van der Waals surface area contributed by atoms with Gasteiger partial charge in [-0.3, -0.25) is 4.79 Å². The Hall–Kier alpha value is -1.95. The van der Waals surface area contributed by atoms with Crippen LogP contribution in [-0.2, 0) is 16.6 Å². The molecule has 1 amide bonds. The number of carbonyl (C=O) groups is 1. The molecule has 118 valence electrons. The van der Waals surface area contributed by atoms with Crippen LogP contribution < -0.4 is 10.1 Å². The summed E-state index contributed by atoms with van der Waals surface area (Å²) in [5.41, 5.74) is 1.38. The second kappa shape index (κ2) is 6.87. The van der Waals surface area contributed by atoms with E-state index in [0.29, 0.717) is 18.2 Å². The Bertz CT molecular complexity index is 647. The Morgan fingerprint density at radius 2 is 2.18 bits per heavy atom. The zero-order chi connectivity index (χ0) is 16.2. The quantitative estimate of drug-likeness (QED) is 0.917. The van der Waals surface area contributed by atoms with Crippen LogP contribution in [0.2, 0.25) is 0 Å². The lowest BCUT2D eigenvalue weighted by Gasteiger charge is -2.13. The molecule has 22 heavy (non-hydrogen) atoms. The normalized spacial score (nSPS) is 11.3. The number of thiazole rings is 1. The Balaban J connectivity index is 2.03. The van der Waals surface area contributed by atoms with Crippen LogP contribution in [0.15, 0.2) is 23.7 Å². The van der Waals surface area contributed by atoms with E-state index < -0.39 is 0 Å². The first-order chi connectivity index (χ1) is 10.4. The van der Waals surface area contributed by atoms with Crippen LogP contribution in [-0.4, -0.2) is 22.5 Å². The average molecular weight is 319 g/mol. The fraction of sp³-hybridized carbons (Fsp3) is 0.438. The molecule has 2 aromatic heterocycles. The number of carbonyl (C=O) groups excluding carboxylic acids is 1. The number of hydrogen-bond donors (Lipinski definition) is 1. The van der Waals surface area contributed by atoms with Crippen molar-refractivity contribution in [3.63, 3.8) is 0 Å². The molecule has 0 bridgehead atoms. The lowest BCUT2D eigenvalue weighted by Crippen LogP contribution is -2.16. The standard InChI is InChI=1S/C16H21N3O2S/c1-5-21-14-12(7-6-8-17-14)19-13(20)9-11-10-22-15(18-11)16(2,3)4/h6-8,10H,5,9H2,1-4H3,(H,19,20). The number of hydrogen-bond acceptors (Lipinski definition) is 5. The number of amides is 1. The Labute approximate surface area is 134 Å². The molecule has 6 heteroatoms. The van der Waals surface area contributed by atoms with Gasteiger partial charge in [0.2, 0.25) is 11.8 Å². The van der Waals surface area contributed by atoms with Gasteiger partial charge in [0.05, 0.1) is 23.7 Å². The van der Waals surface area contributed by atoms with Crippen LogP contribution in [0.25, 0.3) is 0 Å². The first-order valence-electron chi connectivity index (χ1n) is 7.22. The highest BCUT2D eigenvalue weighted by Crippen LogP contribution is 2.26. The van der Waals surface area contributed by atoms with Gasteiger partial charge in [0, 0.05) is 17.0 Å². The number of aromatic nitrogens is 2. The number of ether oxygens (including phenoxy) is 1. The van der Waals surface area contributed by atoms with Gasteiger partial charge in [-0.15, -0.1) is 11.3 Å². The molecule has 0 atom stereocenters. The molecule has 0 spiro atoms. The second-order valence-electron chi connectivity index (χ2n) is 5.91. The molecule has 5 nitrogen and oxygen atoms in total. The minimum Gasteiger partial charge on any atom is -0.476 e. The molecule has 0 saturated heterocycles. The van der Waals surface area contributed by atoms with E-state index in [-0.39, 0.29) is 17.7 Å². The number of anilines is 1. The zero-order valence-corrected chi connectivity index (χ0v) is 14.2. The summed E-state index contributed by atoms with van der Waals surface area (Å²) in [5.74, 6) is 0.312. The molecular weight excluding hydrogens is 298 g/mol. The van der Waals surface area contributed by atoms with Crippen molar-refractivity contribution in [3.05, 3.63) is 34.4 Å². The number of pyridine rings is 1. The van der Waals surface area contributed by atoms with Gasteiger partial charge in [-0.05, 0) is 19.1 Å². The topological polar surface area (TPSA) is 64.1 Å². The number of rotatable bonds is 5. The highest BCUT2D eigenvalue weighted by molar-refractivity contribution is 7.09. The fourth-order valence-corrected chi connectivity index (χ4v) is 2.74. The van der Waals surface area contributed by atoms with E-state index >= 15 is 0 Å². The molecule has 0 radical (unpaired) electrons. The summed E-state index contributed by atoms with van der Waals surface area (Å²) in [7, 11) is 0. The smallest absolute Gasteiger partial charge is 0.237 e. The molecule has 0 aliphatic carbocycles. The summed E-state index contributed by atoms with van der Waals surface area (Å²) in [6.45, 7) is 8.71. The third-order valence-electron chi connectivity index (χ3n) is 2.86. The van der Waals surface area contributed by atoms with E-state index in [2.05, 4.69) is 36.1 Å². The van der Waals surface area contributed by atoms with Crippen LogP contribution in [0.1, 0.15) is 38.4 Å². The molecule has 2 heterocycles. The molecule has 2 rings (SSSR count). The van der Waals surface area contributed by atoms with Crippen molar-refractivity contribution in [2.75, 3.05) is 11.9 Å². The predicted molar refractivity (Wildman–Crippen MR) is 88.6 cm³/mol. The van der Waals surface area contributed by atoms with Gasteiger partial charge in [-0.1, -0.05) is 20.8 Å². The summed E-state index contributed by atoms with van der Waals surface area (Å²) >= 11 is 1.59. The van der Waals surface area contributed by atoms with Gasteiger partial charge in [0.15, 0.2) is 0 Å². The van der Waals surface area contributed by atoms with Crippen molar-refractivity contribution in [2.24, 2.45) is 0 Å². The van der Waals surface area contributed by atoms with Crippen LogP contribution in [0.3, 0.4) is 0 Å². The first-order valence-corrected chi connectivity index (χ1v) is 8.10. The van der Waals surface area contributed by atoms with Crippen molar-refractivity contribution in [3.8, 4) is 5.88 Å². The molecule has 0 fully saturated rings. The maximum Gasteiger partial charge on any atom is 0.237 e. The first kappa shape index (κ1) is 16.4. The number of nitrogens with zero attached hydrogens (tertiary/aromatic N) is 2. The lowest BCUT2D eigenvalue weighted by atomic mass is 9.98. The van der Waals surface area contributed by atoms with Crippen molar-refractivity contribution in [1.29, 1.82) is 0 Å². The van der Waals surface area contributed by atoms with Gasteiger partial charge in [-0.25, -0.2) is 9.97 Å². The molecular formula is C16H21N3O2S. The second-order valence-corrected chi connectivity index (χ2v) is 6.77. The van der Waals surface area contributed by atoms with Gasteiger partial charge < -0.3 is 10.1 Å². The van der Waals surface area contributed by atoms with E-state index in [0.717, 1.165) is 10.7 Å². The average Bonchev–Trinajstić information content (AvgIpc) is 2.89. The van der Waals surface area contributed by atoms with E-state index in [4.69, 9.17) is 4.74 Å². The number of nitrogens with one attached hydrogen (secondary N) is 1. The molecule has 0 aliphatic rings. The van der Waals surface area contributed by atoms with Crippen LogP contribution >= 0.6 is 11.3 Å².